The van der Waals surface area contributed by atoms with E-state index in [9.17, 15) is 0 Å². The highest BCUT2D eigenvalue weighted by Crippen LogP contribution is 2.35. The van der Waals surface area contributed by atoms with Gasteiger partial charge < -0.3 is 25.6 Å². The van der Waals surface area contributed by atoms with Gasteiger partial charge in [0.05, 0.1) is 13.2 Å². The molecule has 1 aromatic carbocycles. The van der Waals surface area contributed by atoms with E-state index >= 15 is 0 Å². The molecule has 1 saturated carbocycles. The van der Waals surface area contributed by atoms with E-state index in [1.54, 1.807) is 11.0 Å². The molecule has 3 aliphatic rings. The van der Waals surface area contributed by atoms with E-state index < -0.39 is 0 Å². The topological polar surface area (TPSA) is 113 Å². The fraction of sp³-hybridized carbons (Fsp3) is 0.533. The highest BCUT2D eigenvalue weighted by atomic mass is 16.5. The van der Waals surface area contributed by atoms with E-state index in [2.05, 4.69) is 77.8 Å². The number of allylic oxidation sites excluding steroid dienone is 1. The quantitative estimate of drug-likeness (QED) is 0.444. The smallest absolute Gasteiger partial charge is 0.248 e. The average molecular weight is 559 g/mol. The predicted octanol–water partition coefficient (Wildman–Crippen LogP) is 3.79. The number of ether oxygens (including phenoxy) is 1. The number of morpholine rings is 1. The van der Waals surface area contributed by atoms with Gasteiger partial charge in [-0.25, -0.2) is 9.97 Å². The van der Waals surface area contributed by atoms with Crippen LogP contribution in [0.3, 0.4) is 0 Å². The molecule has 0 amide bonds. The van der Waals surface area contributed by atoms with Crippen molar-refractivity contribution in [2.75, 3.05) is 68.4 Å². The maximum Gasteiger partial charge on any atom is 0.248 e. The summed E-state index contributed by atoms with van der Waals surface area (Å²) in [4.78, 5) is 20.6. The number of nitrogen functional groups attached to an aromatic ring is 1. The van der Waals surface area contributed by atoms with Gasteiger partial charge in [0.25, 0.3) is 0 Å². The maximum absolute atomic E-state index is 6.27. The number of hydrogen-bond donors (Lipinski definition) is 2. The molecule has 0 bridgehead atoms. The zero-order valence-corrected chi connectivity index (χ0v) is 24.1. The first-order chi connectivity index (χ1) is 20.0. The van der Waals surface area contributed by atoms with E-state index in [1.165, 1.54) is 31.2 Å². The van der Waals surface area contributed by atoms with E-state index in [-0.39, 0.29) is 5.95 Å². The first kappa shape index (κ1) is 27.5. The lowest BCUT2D eigenvalue weighted by Crippen LogP contribution is -2.44. The highest BCUT2D eigenvalue weighted by molar-refractivity contribution is 5.55. The molecule has 0 radical (unpaired) electrons. The van der Waals surface area contributed by atoms with Crippen molar-refractivity contribution in [3.63, 3.8) is 0 Å². The number of anilines is 4. The van der Waals surface area contributed by atoms with Gasteiger partial charge in [-0.05, 0) is 62.6 Å². The van der Waals surface area contributed by atoms with Crippen LogP contribution in [0.4, 0.5) is 23.4 Å². The van der Waals surface area contributed by atoms with Crippen molar-refractivity contribution in [2.45, 2.75) is 51.0 Å². The summed E-state index contributed by atoms with van der Waals surface area (Å²) in [6, 6.07) is 11.3. The van der Waals surface area contributed by atoms with Crippen LogP contribution < -0.4 is 16.0 Å². The lowest BCUT2D eigenvalue weighted by atomic mass is 9.81. The minimum Gasteiger partial charge on any atom is -0.379 e. The fourth-order valence-corrected chi connectivity index (χ4v) is 6.38. The molecule has 2 saturated heterocycles. The minimum absolute atomic E-state index is 0.273. The van der Waals surface area contributed by atoms with Crippen molar-refractivity contribution in [2.24, 2.45) is 0 Å². The summed E-state index contributed by atoms with van der Waals surface area (Å²) < 4.78 is 7.09. The van der Waals surface area contributed by atoms with Gasteiger partial charge in [-0.15, -0.1) is 5.10 Å². The Morgan fingerprint density at radius 3 is 2.46 bits per heavy atom. The minimum atomic E-state index is 0.273. The van der Waals surface area contributed by atoms with Gasteiger partial charge in [0.2, 0.25) is 11.9 Å². The largest absolute Gasteiger partial charge is 0.379 e. The van der Waals surface area contributed by atoms with Crippen LogP contribution >= 0.6 is 0 Å². The molecule has 218 valence electrons. The molecule has 11 heteroatoms. The number of hydrogen-bond acceptors (Lipinski definition) is 10. The van der Waals surface area contributed by atoms with Crippen LogP contribution in [0.2, 0.25) is 0 Å². The zero-order valence-electron chi connectivity index (χ0n) is 24.1. The summed E-state index contributed by atoms with van der Waals surface area (Å²) in [7, 11) is 0. The maximum atomic E-state index is 6.27. The van der Waals surface area contributed by atoms with Gasteiger partial charge in [0.1, 0.15) is 12.1 Å². The second-order valence-electron chi connectivity index (χ2n) is 11.4. The van der Waals surface area contributed by atoms with Crippen molar-refractivity contribution in [1.29, 1.82) is 0 Å². The van der Waals surface area contributed by atoms with Crippen molar-refractivity contribution in [1.82, 2.24) is 34.5 Å². The monoisotopic (exact) mass is 558 g/mol. The Morgan fingerprint density at radius 2 is 1.71 bits per heavy atom. The molecule has 3 N–H and O–H groups in total. The first-order valence-corrected chi connectivity index (χ1v) is 14.9. The summed E-state index contributed by atoms with van der Waals surface area (Å²) in [5.74, 6) is 2.78. The Balaban J connectivity index is 1.07. The van der Waals surface area contributed by atoms with E-state index in [1.807, 2.05) is 6.07 Å². The number of rotatable bonds is 7. The molecule has 0 atom stereocenters. The summed E-state index contributed by atoms with van der Waals surface area (Å²) >= 11 is 0. The second-order valence-corrected chi connectivity index (χ2v) is 11.4. The lowest BCUT2D eigenvalue weighted by molar-refractivity contribution is 0.00730. The third-order valence-corrected chi connectivity index (χ3v) is 8.74. The molecule has 0 unspecified atom stereocenters. The summed E-state index contributed by atoms with van der Waals surface area (Å²) in [6.07, 6.45) is 7.61. The van der Waals surface area contributed by atoms with E-state index in [0.717, 1.165) is 76.1 Å². The van der Waals surface area contributed by atoms with Crippen LogP contribution in [0, 0.1) is 0 Å². The lowest BCUT2D eigenvalue weighted by Gasteiger charge is -2.38. The van der Waals surface area contributed by atoms with Crippen LogP contribution in [0.25, 0.3) is 5.82 Å². The molecule has 2 aromatic heterocycles. The third kappa shape index (κ3) is 6.46. The Hall–Kier alpha value is -3.70. The number of nitrogens with one attached hydrogen (secondary N) is 1. The highest BCUT2D eigenvalue weighted by Gasteiger charge is 2.27. The first-order valence-electron chi connectivity index (χ1n) is 14.9. The molecule has 3 fully saturated rings. The van der Waals surface area contributed by atoms with Crippen LogP contribution in [0.15, 0.2) is 48.9 Å². The number of benzene rings is 1. The molecule has 6 rings (SSSR count). The molecule has 11 nitrogen and oxygen atoms in total. The van der Waals surface area contributed by atoms with E-state index in [0.29, 0.717) is 23.7 Å². The molecule has 4 heterocycles. The van der Waals surface area contributed by atoms with Gasteiger partial charge in [0.15, 0.2) is 5.82 Å². The molecule has 0 spiro atoms. The standard InChI is InChI=1S/C30H42N10O/c1-22(2)37-12-3-13-39(15-14-37)27-20-28(33-21-32-27)40-29(31)35-30(36-40)34-25-8-4-23(5-9-25)24-6-10-26(11-7-24)38-16-18-41-19-17-38/h4-5,8-9,20-21,24,26H,1,3,6-7,10-19H2,2H3,(H3,31,34,35,36). The van der Waals surface area contributed by atoms with Gasteiger partial charge in [-0.1, -0.05) is 18.7 Å². The number of nitrogens with two attached hydrogens (primary N) is 1. The second kappa shape index (κ2) is 12.4. The normalized spacial score (nSPS) is 22.4. The predicted molar refractivity (Wildman–Crippen MR) is 162 cm³/mol. The van der Waals surface area contributed by atoms with Gasteiger partial charge in [-0.2, -0.15) is 9.67 Å². The fourth-order valence-electron chi connectivity index (χ4n) is 6.38. The van der Waals surface area contributed by atoms with Crippen molar-refractivity contribution >= 4 is 23.4 Å². The molecule has 41 heavy (non-hydrogen) atoms. The van der Waals surface area contributed by atoms with Gasteiger partial charge in [-0.3, -0.25) is 4.90 Å². The SMILES string of the molecule is C=C(C)N1CCCN(c2cc(-n3nc(Nc4ccc(C5CCC(N6CCOCC6)CC5)cc4)nc3N)ncn2)CC1. The molecule has 3 aromatic rings. The Kier molecular flexibility index (Phi) is 8.33. The summed E-state index contributed by atoms with van der Waals surface area (Å²) in [5, 5.41) is 7.92. The van der Waals surface area contributed by atoms with Crippen LogP contribution in [0.5, 0.6) is 0 Å². The Morgan fingerprint density at radius 1 is 0.951 bits per heavy atom. The number of nitrogens with zero attached hydrogens (tertiary/aromatic N) is 8. The zero-order chi connectivity index (χ0) is 28.2. The third-order valence-electron chi connectivity index (χ3n) is 8.74. The van der Waals surface area contributed by atoms with Crippen molar-refractivity contribution in [3.8, 4) is 5.82 Å². The molecule has 1 aliphatic carbocycles. The Labute approximate surface area is 242 Å². The summed E-state index contributed by atoms with van der Waals surface area (Å²) in [6.45, 7) is 13.8. The average Bonchev–Trinajstić information content (AvgIpc) is 3.20. The summed E-state index contributed by atoms with van der Waals surface area (Å²) in [5.41, 5.74) is 9.71. The van der Waals surface area contributed by atoms with Gasteiger partial charge in [0, 0.05) is 62.8 Å². The van der Waals surface area contributed by atoms with Gasteiger partial charge >= 0.3 is 0 Å². The molecule has 2 aliphatic heterocycles. The molecular weight excluding hydrogens is 516 g/mol. The van der Waals surface area contributed by atoms with Crippen molar-refractivity contribution < 1.29 is 4.74 Å². The van der Waals surface area contributed by atoms with Crippen LogP contribution in [-0.4, -0.2) is 93.1 Å². The van der Waals surface area contributed by atoms with Crippen LogP contribution in [-0.2, 0) is 4.74 Å². The molecular formula is C30H42N10O. The Bertz CT molecular complexity index is 1310. The number of aromatic nitrogens is 5. The van der Waals surface area contributed by atoms with E-state index in [4.69, 9.17) is 10.5 Å². The van der Waals surface area contributed by atoms with Crippen molar-refractivity contribution in [3.05, 3.63) is 54.5 Å². The van der Waals surface area contributed by atoms with Crippen LogP contribution in [0.1, 0.15) is 50.5 Å².